The number of aromatic nitrogens is 5. The molecule has 0 saturated carbocycles. The van der Waals surface area contributed by atoms with Gasteiger partial charge in [0.2, 0.25) is 0 Å². The number of benzene rings is 1. The lowest BCUT2D eigenvalue weighted by molar-refractivity contribution is 0.00880. The van der Waals surface area contributed by atoms with Crippen molar-refractivity contribution < 1.29 is 4.74 Å². The van der Waals surface area contributed by atoms with Gasteiger partial charge in [0.05, 0.1) is 30.5 Å². The fourth-order valence-electron chi connectivity index (χ4n) is 4.41. The third-order valence-electron chi connectivity index (χ3n) is 6.15. The minimum Gasteiger partial charge on any atom is -0.375 e. The highest BCUT2D eigenvalue weighted by Gasteiger charge is 2.22. The molecule has 5 rings (SSSR count). The van der Waals surface area contributed by atoms with Gasteiger partial charge in [-0.05, 0) is 48.7 Å². The van der Waals surface area contributed by atoms with Crippen LogP contribution in [0.1, 0.15) is 37.5 Å². The first-order valence-corrected chi connectivity index (χ1v) is 12.5. The summed E-state index contributed by atoms with van der Waals surface area (Å²) in [6, 6.07) is 7.44. The molecule has 1 saturated heterocycles. The van der Waals surface area contributed by atoms with Crippen LogP contribution in [0.5, 0.6) is 0 Å². The van der Waals surface area contributed by atoms with Gasteiger partial charge < -0.3 is 15.0 Å². The maximum atomic E-state index is 12.2. The number of ether oxygens (including phenoxy) is 1. The van der Waals surface area contributed by atoms with Crippen LogP contribution in [0.4, 0.5) is 0 Å². The quantitative estimate of drug-likeness (QED) is 0.427. The van der Waals surface area contributed by atoms with Gasteiger partial charge in [0.1, 0.15) is 6.33 Å². The van der Waals surface area contributed by atoms with Crippen LogP contribution in [-0.4, -0.2) is 49.4 Å². The Labute approximate surface area is 214 Å². The van der Waals surface area contributed by atoms with Gasteiger partial charge >= 0.3 is 5.69 Å². The number of aromatic amines is 1. The molecule has 2 atom stereocenters. The number of nitrogens with one attached hydrogen (secondary N) is 2. The average molecular weight is 511 g/mol. The smallest absolute Gasteiger partial charge is 0.328 e. The summed E-state index contributed by atoms with van der Waals surface area (Å²) >= 11 is 6.46. The second kappa shape index (κ2) is 11.2. The predicted molar refractivity (Wildman–Crippen MR) is 141 cm³/mol. The number of fused-ring (bicyclic) bond motifs is 1. The summed E-state index contributed by atoms with van der Waals surface area (Å²) in [5, 5.41) is 8.43. The van der Waals surface area contributed by atoms with E-state index in [1.165, 1.54) is 18.6 Å². The van der Waals surface area contributed by atoms with E-state index in [1.54, 1.807) is 10.7 Å². The van der Waals surface area contributed by atoms with Gasteiger partial charge in [-0.3, -0.25) is 9.36 Å². The minimum atomic E-state index is -0.461. The molecule has 0 amide bonds. The highest BCUT2D eigenvalue weighted by atomic mass is 35.5. The van der Waals surface area contributed by atoms with E-state index < -0.39 is 5.69 Å². The largest absolute Gasteiger partial charge is 0.375 e. The Bertz CT molecular complexity index is 1440. The Hall–Kier alpha value is -3.27. The summed E-state index contributed by atoms with van der Waals surface area (Å²) in [4.78, 5) is 31.4. The molecule has 190 valence electrons. The first kappa shape index (κ1) is 25.8. The molecule has 0 radical (unpaired) electrons. The summed E-state index contributed by atoms with van der Waals surface area (Å²) in [6.07, 6.45) is 5.40. The van der Waals surface area contributed by atoms with Gasteiger partial charge in [-0.15, -0.1) is 0 Å². The van der Waals surface area contributed by atoms with Gasteiger partial charge in [0, 0.05) is 48.1 Å². The summed E-state index contributed by atoms with van der Waals surface area (Å²) in [5.74, 6) is 0. The van der Waals surface area contributed by atoms with Gasteiger partial charge in [-0.25, -0.2) is 14.3 Å². The molecule has 4 heterocycles. The monoisotopic (exact) mass is 510 g/mol. The Morgan fingerprint density at radius 3 is 2.75 bits per heavy atom. The normalized spacial score (nSPS) is 17.6. The van der Waals surface area contributed by atoms with Crippen molar-refractivity contribution in [3.8, 4) is 11.3 Å². The van der Waals surface area contributed by atoms with E-state index in [4.69, 9.17) is 16.3 Å². The third-order valence-corrected chi connectivity index (χ3v) is 6.37. The molecule has 2 N–H and O–H groups in total. The van der Waals surface area contributed by atoms with E-state index in [-0.39, 0.29) is 18.2 Å². The molecule has 4 aromatic rings. The van der Waals surface area contributed by atoms with Crippen molar-refractivity contribution in [1.29, 1.82) is 0 Å². The molecule has 36 heavy (non-hydrogen) atoms. The fraction of sp³-hybridized carbons (Fsp3) is 0.385. The maximum Gasteiger partial charge on any atom is 0.328 e. The zero-order valence-electron chi connectivity index (χ0n) is 20.9. The number of rotatable bonds is 5. The molecule has 10 heteroatoms. The fourth-order valence-corrected chi connectivity index (χ4v) is 4.68. The molecule has 1 aromatic carbocycles. The first-order chi connectivity index (χ1) is 17.4. The Kier molecular flexibility index (Phi) is 8.03. The van der Waals surface area contributed by atoms with Crippen molar-refractivity contribution in [3.63, 3.8) is 0 Å². The van der Waals surface area contributed by atoms with E-state index in [2.05, 4.69) is 27.3 Å². The average Bonchev–Trinajstić information content (AvgIpc) is 3.28. The van der Waals surface area contributed by atoms with Crippen LogP contribution in [0, 0.1) is 6.92 Å². The van der Waals surface area contributed by atoms with E-state index in [9.17, 15) is 9.59 Å². The molecule has 0 bridgehead atoms. The van der Waals surface area contributed by atoms with Crippen LogP contribution in [0.15, 0.2) is 52.6 Å². The Balaban J connectivity index is 0.00000148. The van der Waals surface area contributed by atoms with Crippen LogP contribution in [0.25, 0.3) is 16.8 Å². The molecule has 1 aliphatic heterocycles. The molecule has 9 nitrogen and oxygen atoms in total. The summed E-state index contributed by atoms with van der Waals surface area (Å²) < 4.78 is 8.90. The number of morpholine rings is 1. The van der Waals surface area contributed by atoms with Crippen molar-refractivity contribution >= 4 is 17.1 Å². The Morgan fingerprint density at radius 2 is 2.03 bits per heavy atom. The SMILES string of the molecule is CC.Cc1cc(Cl)cc(-c2ncnn3cc(Cn4c(=O)cc[nH]c4=O)cc23)c1CC1CNC(C)CO1. The number of hydrogen-bond acceptors (Lipinski definition) is 6. The standard InChI is InChI=1S/C24H25ClN6O3.C2H6/c1-14-5-17(25)7-20(19(14)8-18-9-27-15(2)12-34-18)23-21-6-16(11-31(21)29-13-28-23)10-30-22(32)3-4-26-24(30)33;1-2/h3-7,11,13,15,18,27H,8-10,12H2,1-2H3,(H,26,33);1-2H3. The van der Waals surface area contributed by atoms with Crippen LogP contribution in [0.2, 0.25) is 5.02 Å². The number of halogens is 1. The lowest BCUT2D eigenvalue weighted by Crippen LogP contribution is -2.45. The molecule has 0 aliphatic carbocycles. The molecule has 1 aliphatic rings. The van der Waals surface area contributed by atoms with E-state index >= 15 is 0 Å². The molecule has 2 unspecified atom stereocenters. The second-order valence-electron chi connectivity index (χ2n) is 8.71. The zero-order valence-corrected chi connectivity index (χ0v) is 21.7. The highest BCUT2D eigenvalue weighted by molar-refractivity contribution is 6.31. The number of aryl methyl sites for hydroxylation is 1. The zero-order chi connectivity index (χ0) is 25.8. The molecule has 0 spiro atoms. The maximum absolute atomic E-state index is 12.2. The van der Waals surface area contributed by atoms with Crippen LogP contribution in [-0.2, 0) is 17.7 Å². The molecular formula is C26H31ClN6O3. The second-order valence-corrected chi connectivity index (χ2v) is 9.15. The lowest BCUT2D eigenvalue weighted by Gasteiger charge is -2.29. The van der Waals surface area contributed by atoms with Crippen molar-refractivity contribution in [2.24, 2.45) is 0 Å². The molecule has 3 aromatic heterocycles. The van der Waals surface area contributed by atoms with Gasteiger partial charge in [-0.2, -0.15) is 5.10 Å². The van der Waals surface area contributed by atoms with Gasteiger partial charge in [0.25, 0.3) is 5.56 Å². The topological polar surface area (TPSA) is 106 Å². The van der Waals surface area contributed by atoms with Crippen molar-refractivity contribution in [2.45, 2.75) is 52.8 Å². The minimum absolute atomic E-state index is 0.0479. The van der Waals surface area contributed by atoms with Crippen LogP contribution >= 0.6 is 11.6 Å². The van der Waals surface area contributed by atoms with Crippen LogP contribution in [0.3, 0.4) is 0 Å². The van der Waals surface area contributed by atoms with Gasteiger partial charge in [-0.1, -0.05) is 25.4 Å². The molecular weight excluding hydrogens is 480 g/mol. The van der Waals surface area contributed by atoms with Gasteiger partial charge in [0.15, 0.2) is 0 Å². The first-order valence-electron chi connectivity index (χ1n) is 12.1. The lowest BCUT2D eigenvalue weighted by atomic mass is 9.93. The summed E-state index contributed by atoms with van der Waals surface area (Å²) in [5.41, 5.74) is 4.52. The van der Waals surface area contributed by atoms with E-state index in [0.717, 1.165) is 51.0 Å². The van der Waals surface area contributed by atoms with Crippen LogP contribution < -0.4 is 16.6 Å². The predicted octanol–water partition coefficient (Wildman–Crippen LogP) is 3.20. The van der Waals surface area contributed by atoms with Crippen molar-refractivity contribution in [1.82, 2.24) is 29.5 Å². The summed E-state index contributed by atoms with van der Waals surface area (Å²) in [6.45, 7) is 9.72. The van der Waals surface area contributed by atoms with Crippen molar-refractivity contribution in [2.75, 3.05) is 13.2 Å². The van der Waals surface area contributed by atoms with Crippen molar-refractivity contribution in [3.05, 3.63) is 85.5 Å². The Morgan fingerprint density at radius 1 is 1.22 bits per heavy atom. The molecule has 1 fully saturated rings. The number of hydrogen-bond donors (Lipinski definition) is 2. The number of nitrogens with zero attached hydrogens (tertiary/aromatic N) is 4. The van der Waals surface area contributed by atoms with E-state index in [0.29, 0.717) is 17.7 Å². The highest BCUT2D eigenvalue weighted by Crippen LogP contribution is 2.33. The third kappa shape index (κ3) is 5.43. The number of H-pyrrole nitrogens is 1. The summed E-state index contributed by atoms with van der Waals surface area (Å²) in [7, 11) is 0. The van der Waals surface area contributed by atoms with E-state index in [1.807, 2.05) is 39.0 Å².